The van der Waals surface area contributed by atoms with Crippen LogP contribution in [0.25, 0.3) is 0 Å². The van der Waals surface area contributed by atoms with E-state index < -0.39 is 0 Å². The summed E-state index contributed by atoms with van der Waals surface area (Å²) in [5, 5.41) is 16.2. The minimum Gasteiger partial charge on any atom is -0.392 e. The SMILES string of the molecule is CCC(CC)NC(=O)C(C)NCC(O)C(CC)CC. The summed E-state index contributed by atoms with van der Waals surface area (Å²) in [5.74, 6) is 0.326. The van der Waals surface area contributed by atoms with Gasteiger partial charge in [0.25, 0.3) is 0 Å². The fourth-order valence-corrected chi connectivity index (χ4v) is 2.21. The fraction of sp³-hybridized carbons (Fsp3) is 0.933. The summed E-state index contributed by atoms with van der Waals surface area (Å²) >= 11 is 0. The first kappa shape index (κ1) is 18.4. The summed E-state index contributed by atoms with van der Waals surface area (Å²) in [5.41, 5.74) is 0. The predicted molar refractivity (Wildman–Crippen MR) is 80.1 cm³/mol. The van der Waals surface area contributed by atoms with Crippen molar-refractivity contribution in [2.45, 2.75) is 78.5 Å². The average Bonchev–Trinajstić information content (AvgIpc) is 2.42. The number of amides is 1. The minimum atomic E-state index is -0.376. The summed E-state index contributed by atoms with van der Waals surface area (Å²) in [4.78, 5) is 11.9. The van der Waals surface area contributed by atoms with Gasteiger partial charge in [0.15, 0.2) is 0 Å². The van der Waals surface area contributed by atoms with Gasteiger partial charge in [-0.1, -0.05) is 40.5 Å². The molecule has 0 aromatic heterocycles. The van der Waals surface area contributed by atoms with Crippen molar-refractivity contribution in [2.75, 3.05) is 6.54 Å². The Labute approximate surface area is 118 Å². The van der Waals surface area contributed by atoms with Crippen molar-refractivity contribution >= 4 is 5.91 Å². The first-order valence-electron chi connectivity index (χ1n) is 7.71. The molecule has 0 aromatic rings. The molecule has 0 spiro atoms. The summed E-state index contributed by atoms with van der Waals surface area (Å²) in [6, 6.07) is -0.00896. The summed E-state index contributed by atoms with van der Waals surface area (Å²) in [6.07, 6.45) is 3.45. The van der Waals surface area contributed by atoms with Crippen LogP contribution in [-0.4, -0.2) is 35.7 Å². The molecule has 0 aliphatic rings. The standard InChI is InChI=1S/C15H32N2O2/c1-6-12(7-2)14(18)10-16-11(5)15(19)17-13(8-3)9-4/h11-14,16,18H,6-10H2,1-5H3,(H,17,19). The van der Waals surface area contributed by atoms with Gasteiger partial charge in [-0.2, -0.15) is 0 Å². The third kappa shape index (κ3) is 6.92. The molecule has 2 unspecified atom stereocenters. The second-order valence-electron chi connectivity index (χ2n) is 5.30. The van der Waals surface area contributed by atoms with Crippen molar-refractivity contribution in [3.8, 4) is 0 Å². The molecule has 4 nitrogen and oxygen atoms in total. The van der Waals surface area contributed by atoms with Gasteiger partial charge in [-0.3, -0.25) is 4.79 Å². The Hall–Kier alpha value is -0.610. The van der Waals surface area contributed by atoms with Gasteiger partial charge >= 0.3 is 0 Å². The lowest BCUT2D eigenvalue weighted by atomic mass is 9.96. The van der Waals surface area contributed by atoms with Crippen LogP contribution >= 0.6 is 0 Å². The van der Waals surface area contributed by atoms with Crippen LogP contribution in [0.2, 0.25) is 0 Å². The molecule has 0 bridgehead atoms. The highest BCUT2D eigenvalue weighted by Crippen LogP contribution is 2.12. The van der Waals surface area contributed by atoms with Crippen LogP contribution < -0.4 is 10.6 Å². The van der Waals surface area contributed by atoms with E-state index in [-0.39, 0.29) is 24.1 Å². The van der Waals surface area contributed by atoms with Gasteiger partial charge in [-0.05, 0) is 25.7 Å². The zero-order valence-electron chi connectivity index (χ0n) is 13.2. The Balaban J connectivity index is 4.09. The van der Waals surface area contributed by atoms with E-state index in [1.54, 1.807) is 0 Å². The lowest BCUT2D eigenvalue weighted by Gasteiger charge is -2.23. The van der Waals surface area contributed by atoms with Crippen LogP contribution in [0.15, 0.2) is 0 Å². The molecule has 0 aliphatic heterocycles. The van der Waals surface area contributed by atoms with Crippen molar-refractivity contribution in [3.63, 3.8) is 0 Å². The Morgan fingerprint density at radius 3 is 2.00 bits per heavy atom. The van der Waals surface area contributed by atoms with Gasteiger partial charge < -0.3 is 15.7 Å². The third-order valence-corrected chi connectivity index (χ3v) is 3.95. The second kappa shape index (κ2) is 10.2. The molecule has 3 N–H and O–H groups in total. The zero-order valence-corrected chi connectivity index (χ0v) is 13.2. The monoisotopic (exact) mass is 272 g/mol. The normalized spacial score (nSPS) is 14.7. The van der Waals surface area contributed by atoms with Crippen LogP contribution in [0, 0.1) is 5.92 Å². The molecule has 0 aromatic carbocycles. The molecule has 0 saturated carbocycles. The molecule has 2 atom stereocenters. The molecule has 114 valence electrons. The maximum atomic E-state index is 11.9. The molecule has 0 fully saturated rings. The number of rotatable bonds is 10. The average molecular weight is 272 g/mol. The second-order valence-corrected chi connectivity index (χ2v) is 5.30. The fourth-order valence-electron chi connectivity index (χ4n) is 2.21. The lowest BCUT2D eigenvalue weighted by molar-refractivity contribution is -0.123. The quantitative estimate of drug-likeness (QED) is 0.570. The highest BCUT2D eigenvalue weighted by atomic mass is 16.3. The van der Waals surface area contributed by atoms with E-state index in [1.807, 2.05) is 6.92 Å². The molecular weight excluding hydrogens is 240 g/mol. The maximum absolute atomic E-state index is 11.9. The van der Waals surface area contributed by atoms with Crippen LogP contribution in [-0.2, 0) is 4.79 Å². The molecule has 4 heteroatoms. The summed E-state index contributed by atoms with van der Waals surface area (Å²) in [6.45, 7) is 10.6. The van der Waals surface area contributed by atoms with E-state index in [4.69, 9.17) is 0 Å². The van der Waals surface area contributed by atoms with E-state index in [0.29, 0.717) is 12.5 Å². The van der Waals surface area contributed by atoms with Gasteiger partial charge in [0, 0.05) is 12.6 Å². The topological polar surface area (TPSA) is 61.4 Å². The molecule has 0 aliphatic carbocycles. The Morgan fingerprint density at radius 2 is 1.58 bits per heavy atom. The van der Waals surface area contributed by atoms with Crippen LogP contribution in [0.3, 0.4) is 0 Å². The molecule has 1 amide bonds. The van der Waals surface area contributed by atoms with E-state index in [0.717, 1.165) is 25.7 Å². The number of carbonyl (C=O) groups is 1. The number of nitrogens with one attached hydrogen (secondary N) is 2. The molecule has 0 saturated heterocycles. The van der Waals surface area contributed by atoms with E-state index in [1.165, 1.54) is 0 Å². The molecule has 0 radical (unpaired) electrons. The van der Waals surface area contributed by atoms with Gasteiger partial charge in [-0.15, -0.1) is 0 Å². The van der Waals surface area contributed by atoms with Crippen LogP contribution in [0.5, 0.6) is 0 Å². The molecule has 19 heavy (non-hydrogen) atoms. The number of aliphatic hydroxyl groups excluding tert-OH is 1. The van der Waals surface area contributed by atoms with E-state index in [9.17, 15) is 9.90 Å². The molecule has 0 rings (SSSR count). The minimum absolute atomic E-state index is 0.0189. The summed E-state index contributed by atoms with van der Waals surface area (Å²) in [7, 11) is 0. The maximum Gasteiger partial charge on any atom is 0.237 e. The highest BCUT2D eigenvalue weighted by molar-refractivity contribution is 5.81. The largest absolute Gasteiger partial charge is 0.392 e. The number of aliphatic hydroxyl groups is 1. The van der Waals surface area contributed by atoms with Crippen molar-refractivity contribution in [1.82, 2.24) is 10.6 Å². The summed E-state index contributed by atoms with van der Waals surface area (Å²) < 4.78 is 0. The third-order valence-electron chi connectivity index (χ3n) is 3.95. The van der Waals surface area contributed by atoms with Crippen molar-refractivity contribution in [1.29, 1.82) is 0 Å². The van der Waals surface area contributed by atoms with E-state index in [2.05, 4.69) is 38.3 Å². The van der Waals surface area contributed by atoms with Crippen LogP contribution in [0.4, 0.5) is 0 Å². The van der Waals surface area contributed by atoms with Crippen molar-refractivity contribution in [3.05, 3.63) is 0 Å². The first-order valence-corrected chi connectivity index (χ1v) is 7.71. The number of hydrogen-bond acceptors (Lipinski definition) is 3. The Morgan fingerprint density at radius 1 is 1.05 bits per heavy atom. The van der Waals surface area contributed by atoms with Gasteiger partial charge in [0.2, 0.25) is 5.91 Å². The Bertz CT molecular complexity index is 238. The van der Waals surface area contributed by atoms with Crippen LogP contribution in [0.1, 0.15) is 60.3 Å². The van der Waals surface area contributed by atoms with Gasteiger partial charge in [0.05, 0.1) is 12.1 Å². The number of carbonyl (C=O) groups excluding carboxylic acids is 1. The van der Waals surface area contributed by atoms with Crippen molar-refractivity contribution in [2.24, 2.45) is 5.92 Å². The number of hydrogen-bond donors (Lipinski definition) is 3. The first-order chi connectivity index (χ1) is 8.99. The highest BCUT2D eigenvalue weighted by Gasteiger charge is 2.19. The van der Waals surface area contributed by atoms with Crippen molar-refractivity contribution < 1.29 is 9.90 Å². The Kier molecular flexibility index (Phi) is 9.88. The predicted octanol–water partition coefficient (Wildman–Crippen LogP) is 2.07. The van der Waals surface area contributed by atoms with E-state index >= 15 is 0 Å². The smallest absolute Gasteiger partial charge is 0.237 e. The zero-order chi connectivity index (χ0) is 14.8. The molecule has 0 heterocycles. The molecular formula is C15H32N2O2. The van der Waals surface area contributed by atoms with Gasteiger partial charge in [-0.25, -0.2) is 0 Å². The lowest BCUT2D eigenvalue weighted by Crippen LogP contribution is -2.48. The van der Waals surface area contributed by atoms with Gasteiger partial charge in [0.1, 0.15) is 0 Å².